The lowest BCUT2D eigenvalue weighted by Crippen LogP contribution is -2.15. The highest BCUT2D eigenvalue weighted by Crippen LogP contribution is 2.40. The minimum absolute atomic E-state index is 0.108. The number of anilines is 2. The summed E-state index contributed by atoms with van der Waals surface area (Å²) in [6, 6.07) is 0. The number of H-pyrrole nitrogens is 1. The molecule has 4 aromatic rings. The van der Waals surface area contributed by atoms with Crippen molar-refractivity contribution in [3.63, 3.8) is 0 Å². The minimum Gasteiger partial charge on any atom is -0.377 e. The van der Waals surface area contributed by atoms with E-state index in [4.69, 9.17) is 11.6 Å². The third-order valence-corrected chi connectivity index (χ3v) is 5.47. The fraction of sp³-hybridized carbons (Fsp3) is 0.200. The van der Waals surface area contributed by atoms with Gasteiger partial charge in [0, 0.05) is 23.7 Å². The van der Waals surface area contributed by atoms with Crippen LogP contribution in [0, 0.1) is 11.7 Å². The summed E-state index contributed by atoms with van der Waals surface area (Å²) in [5.41, 5.74) is 1.85. The van der Waals surface area contributed by atoms with E-state index in [1.54, 1.807) is 29.1 Å². The van der Waals surface area contributed by atoms with Crippen molar-refractivity contribution in [2.75, 3.05) is 17.2 Å². The van der Waals surface area contributed by atoms with Gasteiger partial charge in [-0.05, 0) is 6.42 Å². The number of aromatic amines is 1. The monoisotopic (exact) mass is 443 g/mol. The quantitative estimate of drug-likeness (QED) is 0.392. The van der Waals surface area contributed by atoms with Gasteiger partial charge in [0.25, 0.3) is 0 Å². The van der Waals surface area contributed by atoms with Gasteiger partial charge in [-0.3, -0.25) is 14.9 Å². The van der Waals surface area contributed by atoms with Gasteiger partial charge < -0.3 is 15.0 Å². The van der Waals surface area contributed by atoms with Crippen LogP contribution in [0.2, 0.25) is 5.02 Å². The largest absolute Gasteiger partial charge is 0.377 e. The zero-order chi connectivity index (χ0) is 21.7. The summed E-state index contributed by atoms with van der Waals surface area (Å²) in [6.45, 7) is 3.96. The van der Waals surface area contributed by atoms with Crippen LogP contribution in [0.4, 0.5) is 20.3 Å². The Morgan fingerprint density at radius 3 is 2.97 bits per heavy atom. The molecule has 0 spiro atoms. The van der Waals surface area contributed by atoms with Crippen molar-refractivity contribution in [3.05, 3.63) is 48.3 Å². The number of alkyl halides is 1. The third-order valence-electron chi connectivity index (χ3n) is 5.11. The highest BCUT2D eigenvalue weighted by Gasteiger charge is 2.43. The Bertz CT molecular complexity index is 1350. The second-order valence-electron chi connectivity index (χ2n) is 7.22. The summed E-state index contributed by atoms with van der Waals surface area (Å²) >= 11 is 6.39. The summed E-state index contributed by atoms with van der Waals surface area (Å²) in [4.78, 5) is 20.6. The van der Waals surface area contributed by atoms with Crippen LogP contribution in [0.1, 0.15) is 6.42 Å². The van der Waals surface area contributed by atoms with Crippen LogP contribution in [0.3, 0.4) is 0 Å². The number of benzene rings is 1. The third kappa shape index (κ3) is 3.28. The lowest BCUT2D eigenvalue weighted by Gasteiger charge is -2.13. The molecule has 31 heavy (non-hydrogen) atoms. The van der Waals surface area contributed by atoms with E-state index >= 15 is 4.39 Å². The van der Waals surface area contributed by atoms with Gasteiger partial charge in [0.15, 0.2) is 17.3 Å². The van der Waals surface area contributed by atoms with Gasteiger partial charge in [0.05, 0.1) is 46.4 Å². The number of carbonyl (C=O) groups is 1. The molecular weight excluding hydrogens is 428 g/mol. The molecule has 3 heterocycles. The Hall–Kier alpha value is -3.53. The van der Waals surface area contributed by atoms with E-state index in [1.165, 1.54) is 6.20 Å². The van der Waals surface area contributed by atoms with E-state index in [0.29, 0.717) is 34.4 Å². The first-order valence-corrected chi connectivity index (χ1v) is 9.84. The Kier molecular flexibility index (Phi) is 4.58. The number of nitrogens with one attached hydrogen (secondary N) is 3. The van der Waals surface area contributed by atoms with Crippen molar-refractivity contribution in [1.29, 1.82) is 0 Å². The second-order valence-corrected chi connectivity index (χ2v) is 7.60. The smallest absolute Gasteiger partial charge is 0.231 e. The molecule has 8 nitrogen and oxygen atoms in total. The number of fused-ring (bicyclic) bond motifs is 2. The first kappa shape index (κ1) is 19.4. The second kappa shape index (κ2) is 7.31. The van der Waals surface area contributed by atoms with E-state index in [9.17, 15) is 9.18 Å². The molecule has 0 bridgehead atoms. The molecule has 0 radical (unpaired) electrons. The fourth-order valence-corrected chi connectivity index (χ4v) is 3.74. The van der Waals surface area contributed by atoms with Crippen molar-refractivity contribution in [3.8, 4) is 11.3 Å². The lowest BCUT2D eigenvalue weighted by atomic mass is 10.1. The van der Waals surface area contributed by atoms with Gasteiger partial charge in [0.1, 0.15) is 6.17 Å². The first-order valence-electron chi connectivity index (χ1n) is 9.46. The molecule has 1 saturated carbocycles. The molecular formula is C20H16ClF2N7O. The molecule has 1 fully saturated rings. The number of halogens is 3. The number of rotatable bonds is 6. The highest BCUT2D eigenvalue weighted by atomic mass is 35.5. The molecule has 1 aromatic carbocycles. The van der Waals surface area contributed by atoms with Crippen LogP contribution < -0.4 is 10.6 Å². The van der Waals surface area contributed by atoms with Crippen molar-refractivity contribution in [1.82, 2.24) is 24.6 Å². The average Bonchev–Trinajstić information content (AvgIpc) is 3.12. The molecule has 11 heteroatoms. The van der Waals surface area contributed by atoms with Crippen molar-refractivity contribution < 1.29 is 13.6 Å². The number of hydrogen-bond acceptors (Lipinski definition) is 5. The molecule has 0 aliphatic heterocycles. The maximum atomic E-state index is 15.1. The number of nitrogens with zero attached hydrogens (tertiary/aromatic N) is 4. The van der Waals surface area contributed by atoms with Crippen molar-refractivity contribution >= 4 is 45.6 Å². The Balaban J connectivity index is 1.56. The summed E-state index contributed by atoms with van der Waals surface area (Å²) in [7, 11) is 0. The van der Waals surface area contributed by atoms with Crippen LogP contribution in [0.25, 0.3) is 27.8 Å². The maximum absolute atomic E-state index is 15.1. The molecule has 3 N–H and O–H groups in total. The highest BCUT2D eigenvalue weighted by molar-refractivity contribution is 6.35. The van der Waals surface area contributed by atoms with Crippen LogP contribution in [-0.2, 0) is 4.79 Å². The fourth-order valence-electron chi connectivity index (χ4n) is 3.45. The van der Waals surface area contributed by atoms with Crippen molar-refractivity contribution in [2.24, 2.45) is 5.92 Å². The van der Waals surface area contributed by atoms with Crippen LogP contribution >= 0.6 is 11.6 Å². The number of carbonyl (C=O) groups excluding carboxylic acids is 1. The average molecular weight is 444 g/mol. The minimum atomic E-state index is -1.09. The summed E-state index contributed by atoms with van der Waals surface area (Å²) < 4.78 is 29.8. The number of hydrogen-bond donors (Lipinski definition) is 3. The number of aromatic nitrogens is 5. The molecule has 5 rings (SSSR count). The summed E-state index contributed by atoms with van der Waals surface area (Å²) in [5.74, 6) is -1.39. The predicted octanol–water partition coefficient (Wildman–Crippen LogP) is 3.96. The van der Waals surface area contributed by atoms with E-state index in [-0.39, 0.29) is 22.9 Å². The predicted molar refractivity (Wildman–Crippen MR) is 113 cm³/mol. The molecule has 3 aromatic heterocycles. The van der Waals surface area contributed by atoms with E-state index in [0.717, 1.165) is 0 Å². The summed E-state index contributed by atoms with van der Waals surface area (Å²) in [5, 5.41) is 12.8. The van der Waals surface area contributed by atoms with Gasteiger partial charge in [-0.1, -0.05) is 17.7 Å². The maximum Gasteiger partial charge on any atom is 0.231 e. The van der Waals surface area contributed by atoms with Gasteiger partial charge in [0.2, 0.25) is 5.91 Å². The summed E-state index contributed by atoms with van der Waals surface area (Å²) in [6.07, 6.45) is 6.96. The van der Waals surface area contributed by atoms with Crippen molar-refractivity contribution in [2.45, 2.75) is 12.6 Å². The van der Waals surface area contributed by atoms with Gasteiger partial charge in [-0.2, -0.15) is 5.10 Å². The van der Waals surface area contributed by atoms with E-state index in [2.05, 4.69) is 37.4 Å². The molecule has 2 unspecified atom stereocenters. The SMILES string of the molecule is C=CCNc1c(F)c(Cl)c(-c2cn3cc(NC(=O)C4CC4F)nc3cn2)c2cn[nH]c12. The Morgan fingerprint density at radius 1 is 1.42 bits per heavy atom. The molecule has 1 amide bonds. The first-order chi connectivity index (χ1) is 15.0. The zero-order valence-corrected chi connectivity index (χ0v) is 16.7. The standard InChI is InChI=1S/C20H16ClF2N7O/c1-2-3-24-19-17(23)16(21)15(10-5-26-29-18(10)19)12-7-30-8-13(27-14(30)6-25-12)28-20(31)9-4-11(9)22/h2,5-9,11,24H,1,3-4H2,(H,26,29)(H,28,31). The van der Waals surface area contributed by atoms with Crippen LogP contribution in [0.5, 0.6) is 0 Å². The zero-order valence-electron chi connectivity index (χ0n) is 16.0. The van der Waals surface area contributed by atoms with E-state index in [1.807, 2.05) is 0 Å². The molecule has 0 saturated heterocycles. The van der Waals surface area contributed by atoms with Crippen LogP contribution in [-0.4, -0.2) is 43.2 Å². The normalized spacial score (nSPS) is 17.8. The topological polar surface area (TPSA) is 100 Å². The number of amides is 1. The molecule has 2 atom stereocenters. The molecule has 158 valence electrons. The van der Waals surface area contributed by atoms with E-state index < -0.39 is 23.8 Å². The van der Waals surface area contributed by atoms with Gasteiger partial charge in [-0.15, -0.1) is 6.58 Å². The van der Waals surface area contributed by atoms with Gasteiger partial charge >= 0.3 is 0 Å². The lowest BCUT2D eigenvalue weighted by molar-refractivity contribution is -0.117. The Morgan fingerprint density at radius 2 is 2.23 bits per heavy atom. The molecule has 1 aliphatic rings. The Labute approximate surface area is 179 Å². The van der Waals surface area contributed by atoms with Crippen LogP contribution in [0.15, 0.2) is 37.4 Å². The molecule has 1 aliphatic carbocycles. The number of imidazole rings is 1. The van der Waals surface area contributed by atoms with Gasteiger partial charge in [-0.25, -0.2) is 13.8 Å².